The molecule has 0 aromatic heterocycles. The van der Waals surface area contributed by atoms with Crippen molar-refractivity contribution < 1.29 is 29.4 Å². The Kier molecular flexibility index (Phi) is 12.0. The molecular formula is C17H32N6O6. The first-order chi connectivity index (χ1) is 13.5. The molecule has 0 unspecified atom stereocenters. The number of nitrogens with one attached hydrogen (secondary N) is 2. The summed E-state index contributed by atoms with van der Waals surface area (Å²) in [6.07, 6.45) is 0.567. The minimum Gasteiger partial charge on any atom is -0.481 e. The lowest BCUT2D eigenvalue weighted by molar-refractivity contribution is -0.144. The highest BCUT2D eigenvalue weighted by molar-refractivity contribution is 5.92. The third-order valence-corrected chi connectivity index (χ3v) is 4.36. The molecule has 0 aliphatic carbocycles. The monoisotopic (exact) mass is 416 g/mol. The first kappa shape index (κ1) is 26.1. The molecule has 10 N–H and O–H groups in total. The molecule has 0 spiro atoms. The van der Waals surface area contributed by atoms with Gasteiger partial charge < -0.3 is 38.0 Å². The second-order valence-corrected chi connectivity index (χ2v) is 6.76. The van der Waals surface area contributed by atoms with Crippen LogP contribution in [-0.4, -0.2) is 64.6 Å². The van der Waals surface area contributed by atoms with Crippen molar-refractivity contribution in [2.75, 3.05) is 6.54 Å². The minimum atomic E-state index is -1.23. The van der Waals surface area contributed by atoms with E-state index in [1.807, 2.05) is 0 Å². The SMILES string of the molecule is CC[C@H](C)[C@H](NC(=O)[C@H](CCC(=O)O)NC(=O)[C@@H](N)CCCN=C(N)N)C(=O)O. The van der Waals surface area contributed by atoms with E-state index in [-0.39, 0.29) is 37.7 Å². The average Bonchev–Trinajstić information content (AvgIpc) is 2.64. The molecule has 166 valence electrons. The number of nitrogens with two attached hydrogens (primary N) is 3. The van der Waals surface area contributed by atoms with Gasteiger partial charge in [0.2, 0.25) is 11.8 Å². The second-order valence-electron chi connectivity index (χ2n) is 6.76. The normalized spacial score (nSPS) is 14.7. The molecule has 0 heterocycles. The fraction of sp³-hybridized carbons (Fsp3) is 0.706. The van der Waals surface area contributed by atoms with Crippen LogP contribution in [0.15, 0.2) is 4.99 Å². The second kappa shape index (κ2) is 13.3. The van der Waals surface area contributed by atoms with E-state index >= 15 is 0 Å². The van der Waals surface area contributed by atoms with Crippen LogP contribution in [0.3, 0.4) is 0 Å². The van der Waals surface area contributed by atoms with Gasteiger partial charge in [0.25, 0.3) is 0 Å². The maximum Gasteiger partial charge on any atom is 0.326 e. The third kappa shape index (κ3) is 10.9. The molecule has 0 aromatic carbocycles. The number of carboxylic acids is 2. The van der Waals surface area contributed by atoms with Crippen molar-refractivity contribution >= 4 is 29.7 Å². The van der Waals surface area contributed by atoms with Crippen molar-refractivity contribution in [2.24, 2.45) is 28.1 Å². The van der Waals surface area contributed by atoms with Crippen LogP contribution in [0.2, 0.25) is 0 Å². The average molecular weight is 416 g/mol. The van der Waals surface area contributed by atoms with Gasteiger partial charge in [0.15, 0.2) is 5.96 Å². The molecule has 0 bridgehead atoms. The Morgan fingerprint density at radius 2 is 1.66 bits per heavy atom. The fourth-order valence-corrected chi connectivity index (χ4v) is 2.40. The quantitative estimate of drug-likeness (QED) is 0.0975. The predicted octanol–water partition coefficient (Wildman–Crippen LogP) is -1.67. The van der Waals surface area contributed by atoms with E-state index in [0.717, 1.165) is 0 Å². The largest absolute Gasteiger partial charge is 0.481 e. The van der Waals surface area contributed by atoms with Gasteiger partial charge in [-0.2, -0.15) is 0 Å². The summed E-state index contributed by atoms with van der Waals surface area (Å²) in [6, 6.07) is -3.35. The number of carboxylic acid groups (broad SMARTS) is 2. The van der Waals surface area contributed by atoms with Crippen LogP contribution in [0, 0.1) is 5.92 Å². The minimum absolute atomic E-state index is 0.0808. The number of amides is 2. The molecule has 0 aliphatic heterocycles. The molecule has 0 saturated heterocycles. The van der Waals surface area contributed by atoms with Crippen LogP contribution in [0.5, 0.6) is 0 Å². The van der Waals surface area contributed by atoms with Gasteiger partial charge in [0.05, 0.1) is 6.04 Å². The van der Waals surface area contributed by atoms with Gasteiger partial charge in [-0.15, -0.1) is 0 Å². The van der Waals surface area contributed by atoms with Gasteiger partial charge >= 0.3 is 11.9 Å². The zero-order valence-electron chi connectivity index (χ0n) is 16.8. The summed E-state index contributed by atoms with van der Waals surface area (Å²) in [5.74, 6) is -4.24. The highest BCUT2D eigenvalue weighted by Crippen LogP contribution is 2.09. The molecule has 0 radical (unpaired) electrons. The Balaban J connectivity index is 5.03. The lowest BCUT2D eigenvalue weighted by Crippen LogP contribution is -2.55. The van der Waals surface area contributed by atoms with Crippen LogP contribution in [0.1, 0.15) is 46.0 Å². The zero-order chi connectivity index (χ0) is 22.6. The van der Waals surface area contributed by atoms with Crippen LogP contribution in [0.25, 0.3) is 0 Å². The van der Waals surface area contributed by atoms with Gasteiger partial charge in [-0.25, -0.2) is 4.79 Å². The Morgan fingerprint density at radius 1 is 1.03 bits per heavy atom. The van der Waals surface area contributed by atoms with E-state index in [4.69, 9.17) is 22.3 Å². The van der Waals surface area contributed by atoms with E-state index in [9.17, 15) is 24.3 Å². The van der Waals surface area contributed by atoms with Gasteiger partial charge in [-0.05, 0) is 25.2 Å². The first-order valence-corrected chi connectivity index (χ1v) is 9.35. The summed E-state index contributed by atoms with van der Waals surface area (Å²) < 4.78 is 0. The third-order valence-electron chi connectivity index (χ3n) is 4.36. The highest BCUT2D eigenvalue weighted by Gasteiger charge is 2.30. The Morgan fingerprint density at radius 3 is 2.14 bits per heavy atom. The number of hydrogen-bond donors (Lipinski definition) is 7. The molecule has 0 fully saturated rings. The van der Waals surface area contributed by atoms with E-state index in [0.29, 0.717) is 12.8 Å². The molecular weight excluding hydrogens is 384 g/mol. The van der Waals surface area contributed by atoms with Crippen molar-refractivity contribution in [3.8, 4) is 0 Å². The molecule has 12 nitrogen and oxygen atoms in total. The van der Waals surface area contributed by atoms with Crippen molar-refractivity contribution in [3.63, 3.8) is 0 Å². The molecule has 0 aliphatic rings. The van der Waals surface area contributed by atoms with Crippen molar-refractivity contribution in [3.05, 3.63) is 0 Å². The molecule has 4 atom stereocenters. The molecule has 0 saturated carbocycles. The smallest absolute Gasteiger partial charge is 0.326 e. The Bertz CT molecular complexity index is 607. The maximum absolute atomic E-state index is 12.5. The van der Waals surface area contributed by atoms with Gasteiger partial charge in [-0.1, -0.05) is 20.3 Å². The van der Waals surface area contributed by atoms with Gasteiger partial charge in [0, 0.05) is 13.0 Å². The van der Waals surface area contributed by atoms with E-state index < -0.39 is 41.9 Å². The molecule has 0 rings (SSSR count). The van der Waals surface area contributed by atoms with E-state index in [2.05, 4.69) is 15.6 Å². The molecule has 2 amide bonds. The number of nitrogens with zero attached hydrogens (tertiary/aromatic N) is 1. The Labute approximate surface area is 169 Å². The topological polar surface area (TPSA) is 223 Å². The molecule has 29 heavy (non-hydrogen) atoms. The standard InChI is InChI=1S/C17H32N6O6/c1-3-9(2)13(16(28)29)23-15(27)11(6-7-12(24)25)22-14(26)10(18)5-4-8-21-17(19)20/h9-11,13H,3-8,18H2,1-2H3,(H,22,26)(H,23,27)(H,24,25)(H,28,29)(H4,19,20,21)/t9-,10-,11-,13-/m0/s1. The lowest BCUT2D eigenvalue weighted by atomic mass is 9.98. The van der Waals surface area contributed by atoms with Gasteiger partial charge in [-0.3, -0.25) is 19.4 Å². The number of aliphatic imine (C=N–C) groups is 1. The summed E-state index contributed by atoms with van der Waals surface area (Å²) in [5, 5.41) is 23.0. The van der Waals surface area contributed by atoms with Crippen molar-refractivity contribution in [2.45, 2.75) is 64.1 Å². The van der Waals surface area contributed by atoms with Crippen molar-refractivity contribution in [1.29, 1.82) is 0 Å². The summed E-state index contributed by atoms with van der Waals surface area (Å²) in [5.41, 5.74) is 16.2. The number of carbonyl (C=O) groups is 4. The van der Waals surface area contributed by atoms with E-state index in [1.165, 1.54) is 0 Å². The van der Waals surface area contributed by atoms with Crippen LogP contribution >= 0.6 is 0 Å². The van der Waals surface area contributed by atoms with Gasteiger partial charge in [0.1, 0.15) is 12.1 Å². The molecule has 0 aromatic rings. The van der Waals surface area contributed by atoms with Crippen LogP contribution in [-0.2, 0) is 19.2 Å². The number of hydrogen-bond acceptors (Lipinski definition) is 6. The number of guanidine groups is 1. The fourth-order valence-electron chi connectivity index (χ4n) is 2.40. The maximum atomic E-state index is 12.5. The Hall–Kier alpha value is -2.89. The number of aliphatic carboxylic acids is 2. The van der Waals surface area contributed by atoms with Crippen molar-refractivity contribution in [1.82, 2.24) is 10.6 Å². The lowest BCUT2D eigenvalue weighted by Gasteiger charge is -2.25. The summed E-state index contributed by atoms with van der Waals surface area (Å²) in [4.78, 5) is 50.8. The van der Waals surface area contributed by atoms with Crippen LogP contribution in [0.4, 0.5) is 0 Å². The first-order valence-electron chi connectivity index (χ1n) is 9.35. The predicted molar refractivity (Wildman–Crippen MR) is 106 cm³/mol. The number of rotatable bonds is 14. The van der Waals surface area contributed by atoms with E-state index in [1.54, 1.807) is 13.8 Å². The summed E-state index contributed by atoms with van der Waals surface area (Å²) >= 11 is 0. The summed E-state index contributed by atoms with van der Waals surface area (Å²) in [6.45, 7) is 3.72. The molecule has 12 heteroatoms. The zero-order valence-corrected chi connectivity index (χ0v) is 16.8. The number of carbonyl (C=O) groups excluding carboxylic acids is 2. The summed E-state index contributed by atoms with van der Waals surface area (Å²) in [7, 11) is 0. The highest BCUT2D eigenvalue weighted by atomic mass is 16.4. The van der Waals surface area contributed by atoms with Crippen LogP contribution < -0.4 is 27.8 Å².